The van der Waals surface area contributed by atoms with Gasteiger partial charge in [0.25, 0.3) is 0 Å². The van der Waals surface area contributed by atoms with E-state index in [-0.39, 0.29) is 35.6 Å². The van der Waals surface area contributed by atoms with E-state index >= 15 is 0 Å². The molecule has 0 radical (unpaired) electrons. The lowest BCUT2D eigenvalue weighted by atomic mass is 9.81. The molecule has 0 aromatic heterocycles. The maximum Gasteiger partial charge on any atom is 0.415 e. The Morgan fingerprint density at radius 2 is 1.78 bits per heavy atom. The normalized spacial score (nSPS) is 19.6. The van der Waals surface area contributed by atoms with Crippen LogP contribution in [0.2, 0.25) is 0 Å². The van der Waals surface area contributed by atoms with E-state index in [1.807, 2.05) is 0 Å². The van der Waals surface area contributed by atoms with Crippen LogP contribution in [0.1, 0.15) is 28.3 Å². The fourth-order valence-corrected chi connectivity index (χ4v) is 3.36. The smallest absolute Gasteiger partial charge is 0.415 e. The summed E-state index contributed by atoms with van der Waals surface area (Å²) in [5.74, 6) is -1.25. The second-order valence-corrected chi connectivity index (χ2v) is 6.53. The van der Waals surface area contributed by atoms with E-state index in [0.717, 1.165) is 5.56 Å². The van der Waals surface area contributed by atoms with Crippen molar-refractivity contribution in [3.63, 3.8) is 0 Å². The summed E-state index contributed by atoms with van der Waals surface area (Å²) < 4.78 is 18.4. The molecule has 2 unspecified atom stereocenters. The average Bonchev–Trinajstić information content (AvgIpc) is 2.68. The molecule has 2 N–H and O–H groups in total. The van der Waals surface area contributed by atoms with Gasteiger partial charge in [0.1, 0.15) is 11.6 Å². The minimum absolute atomic E-state index is 0.0366. The van der Waals surface area contributed by atoms with Crippen molar-refractivity contribution in [3.05, 3.63) is 65.5 Å². The third kappa shape index (κ3) is 4.43. The van der Waals surface area contributed by atoms with Crippen LogP contribution in [0, 0.1) is 11.7 Å². The van der Waals surface area contributed by atoms with E-state index in [0.29, 0.717) is 19.5 Å². The lowest BCUT2D eigenvalue weighted by Crippen LogP contribution is -2.45. The fourth-order valence-electron chi connectivity index (χ4n) is 3.36. The van der Waals surface area contributed by atoms with Crippen LogP contribution in [0.4, 0.5) is 9.18 Å². The van der Waals surface area contributed by atoms with Crippen molar-refractivity contribution in [2.75, 3.05) is 19.7 Å². The third-order valence-electron chi connectivity index (χ3n) is 4.83. The second kappa shape index (κ2) is 8.18. The summed E-state index contributed by atoms with van der Waals surface area (Å²) in [5, 5.41) is 18.6. The van der Waals surface area contributed by atoms with Crippen molar-refractivity contribution in [3.8, 4) is 5.75 Å². The van der Waals surface area contributed by atoms with Crippen molar-refractivity contribution < 1.29 is 28.9 Å². The number of aromatic carboxylic acids is 1. The number of benzene rings is 2. The topological polar surface area (TPSA) is 87.1 Å². The van der Waals surface area contributed by atoms with Crippen molar-refractivity contribution in [2.45, 2.75) is 12.3 Å². The molecule has 2 aromatic carbocycles. The van der Waals surface area contributed by atoms with Crippen LogP contribution >= 0.6 is 0 Å². The van der Waals surface area contributed by atoms with E-state index in [9.17, 15) is 19.1 Å². The van der Waals surface area contributed by atoms with Crippen LogP contribution in [0.15, 0.2) is 48.5 Å². The Balaban J connectivity index is 1.64. The number of aliphatic hydroxyl groups is 1. The fraction of sp³-hybridized carbons (Fsp3) is 0.300. The molecular formula is C20H20FNO5. The lowest BCUT2D eigenvalue weighted by Gasteiger charge is -2.37. The van der Waals surface area contributed by atoms with E-state index in [1.165, 1.54) is 41.3 Å². The first-order chi connectivity index (χ1) is 13.0. The zero-order valence-corrected chi connectivity index (χ0v) is 14.5. The Hall–Kier alpha value is -2.93. The zero-order chi connectivity index (χ0) is 19.4. The average molecular weight is 373 g/mol. The van der Waals surface area contributed by atoms with Crippen LogP contribution in [0.5, 0.6) is 5.75 Å². The molecule has 1 heterocycles. The van der Waals surface area contributed by atoms with Gasteiger partial charge in [-0.25, -0.2) is 14.0 Å². The largest absolute Gasteiger partial charge is 0.478 e. The number of carbonyl (C=O) groups excluding carboxylic acids is 1. The lowest BCUT2D eigenvalue weighted by molar-refractivity contribution is 0.0697. The summed E-state index contributed by atoms with van der Waals surface area (Å²) in [6.45, 7) is 0.675. The van der Waals surface area contributed by atoms with Crippen molar-refractivity contribution in [1.82, 2.24) is 4.90 Å². The number of piperidine rings is 1. The Morgan fingerprint density at radius 3 is 2.37 bits per heavy atom. The number of carboxylic acid groups (broad SMARTS) is 1. The number of rotatable bonds is 4. The number of amides is 1. The van der Waals surface area contributed by atoms with E-state index in [1.54, 1.807) is 12.1 Å². The van der Waals surface area contributed by atoms with Crippen LogP contribution in [0.3, 0.4) is 0 Å². The quantitative estimate of drug-likeness (QED) is 0.860. The summed E-state index contributed by atoms with van der Waals surface area (Å²) in [6.07, 6.45) is 0.0817. The van der Waals surface area contributed by atoms with Gasteiger partial charge in [-0.3, -0.25) is 0 Å². The van der Waals surface area contributed by atoms with E-state index < -0.39 is 12.1 Å². The molecule has 1 aliphatic heterocycles. The highest BCUT2D eigenvalue weighted by molar-refractivity contribution is 5.87. The number of ether oxygens (including phenoxy) is 1. The predicted molar refractivity (Wildman–Crippen MR) is 95.3 cm³/mol. The van der Waals surface area contributed by atoms with Crippen LogP contribution in [-0.4, -0.2) is 46.9 Å². The van der Waals surface area contributed by atoms with Gasteiger partial charge in [0.2, 0.25) is 0 Å². The van der Waals surface area contributed by atoms with Gasteiger partial charge < -0.3 is 19.8 Å². The first kappa shape index (κ1) is 18.8. The van der Waals surface area contributed by atoms with Crippen molar-refractivity contribution >= 4 is 12.1 Å². The van der Waals surface area contributed by atoms with Gasteiger partial charge in [0.15, 0.2) is 0 Å². The van der Waals surface area contributed by atoms with Crippen LogP contribution < -0.4 is 4.74 Å². The van der Waals surface area contributed by atoms with Crippen molar-refractivity contribution in [2.24, 2.45) is 5.92 Å². The number of hydrogen-bond acceptors (Lipinski definition) is 4. The minimum Gasteiger partial charge on any atom is -0.478 e. The SMILES string of the molecule is O=C(O)c1ccc(OC(=O)N2CCC(c3ccc(F)cc3)C(CO)C2)cc1. The highest BCUT2D eigenvalue weighted by atomic mass is 19.1. The van der Waals surface area contributed by atoms with Crippen LogP contribution in [0.25, 0.3) is 0 Å². The minimum atomic E-state index is -1.05. The summed E-state index contributed by atoms with van der Waals surface area (Å²) >= 11 is 0. The Morgan fingerprint density at radius 1 is 1.11 bits per heavy atom. The van der Waals surface area contributed by atoms with Gasteiger partial charge in [-0.1, -0.05) is 12.1 Å². The monoisotopic (exact) mass is 373 g/mol. The number of carbonyl (C=O) groups is 2. The molecule has 1 fully saturated rings. The molecule has 0 aliphatic carbocycles. The first-order valence-electron chi connectivity index (χ1n) is 8.64. The Labute approximate surface area is 155 Å². The predicted octanol–water partition coefficient (Wildman–Crippen LogP) is 3.12. The Kier molecular flexibility index (Phi) is 5.71. The summed E-state index contributed by atoms with van der Waals surface area (Å²) in [7, 11) is 0. The molecule has 0 bridgehead atoms. The second-order valence-electron chi connectivity index (χ2n) is 6.53. The molecule has 27 heavy (non-hydrogen) atoms. The van der Waals surface area contributed by atoms with Gasteiger partial charge in [0.05, 0.1) is 5.56 Å². The maximum absolute atomic E-state index is 13.1. The summed E-state index contributed by atoms with van der Waals surface area (Å²) in [4.78, 5) is 24.8. The molecule has 0 saturated carbocycles. The third-order valence-corrected chi connectivity index (χ3v) is 4.83. The number of halogens is 1. The molecule has 0 spiro atoms. The molecule has 142 valence electrons. The number of nitrogens with zero attached hydrogens (tertiary/aromatic N) is 1. The molecule has 2 aromatic rings. The molecular weight excluding hydrogens is 353 g/mol. The summed E-state index contributed by atoms with van der Waals surface area (Å²) in [5.41, 5.74) is 1.04. The number of likely N-dealkylation sites (tertiary alicyclic amines) is 1. The standard InChI is InChI=1S/C20H20FNO5/c21-16-5-1-13(2-6-16)18-9-10-22(11-15(18)12-23)20(26)27-17-7-3-14(4-8-17)19(24)25/h1-8,15,18,23H,9-12H2,(H,24,25). The number of carboxylic acids is 1. The van der Waals surface area contributed by atoms with E-state index in [4.69, 9.17) is 9.84 Å². The molecule has 7 heteroatoms. The first-order valence-corrected chi connectivity index (χ1v) is 8.64. The number of hydrogen-bond donors (Lipinski definition) is 2. The molecule has 2 atom stereocenters. The van der Waals surface area contributed by atoms with Gasteiger partial charge in [-0.15, -0.1) is 0 Å². The van der Waals surface area contributed by atoms with Gasteiger partial charge in [-0.2, -0.15) is 0 Å². The number of aliphatic hydroxyl groups excluding tert-OH is 1. The highest BCUT2D eigenvalue weighted by Crippen LogP contribution is 2.33. The highest BCUT2D eigenvalue weighted by Gasteiger charge is 2.32. The van der Waals surface area contributed by atoms with Gasteiger partial charge in [0, 0.05) is 25.6 Å². The maximum atomic E-state index is 13.1. The molecule has 6 nitrogen and oxygen atoms in total. The van der Waals surface area contributed by atoms with Crippen molar-refractivity contribution in [1.29, 1.82) is 0 Å². The molecule has 3 rings (SSSR count). The van der Waals surface area contributed by atoms with Gasteiger partial charge in [-0.05, 0) is 54.3 Å². The van der Waals surface area contributed by atoms with Gasteiger partial charge >= 0.3 is 12.1 Å². The molecule has 1 amide bonds. The summed E-state index contributed by atoms with van der Waals surface area (Å²) in [6, 6.07) is 11.8. The Bertz CT molecular complexity index is 806. The van der Waals surface area contributed by atoms with Crippen LogP contribution in [-0.2, 0) is 0 Å². The molecule has 1 saturated heterocycles. The zero-order valence-electron chi connectivity index (χ0n) is 14.5. The van der Waals surface area contributed by atoms with E-state index in [2.05, 4.69) is 0 Å². The molecule has 1 aliphatic rings.